The number of halogens is 2. The SMILES string of the molecule is Cl.O=C1CCC(N2C(=O)c3ccc(CC4CN(Cl)C4)c4cccc2c34)C(=O)N1. The summed E-state index contributed by atoms with van der Waals surface area (Å²) in [7, 11) is 0. The van der Waals surface area contributed by atoms with Crippen molar-refractivity contribution in [2.45, 2.75) is 25.3 Å². The van der Waals surface area contributed by atoms with Gasteiger partial charge in [0.1, 0.15) is 6.04 Å². The molecule has 28 heavy (non-hydrogen) atoms. The molecule has 0 aromatic heterocycles. The van der Waals surface area contributed by atoms with E-state index in [-0.39, 0.29) is 30.6 Å². The van der Waals surface area contributed by atoms with Gasteiger partial charge in [-0.25, -0.2) is 4.42 Å². The number of benzene rings is 2. The van der Waals surface area contributed by atoms with E-state index in [4.69, 9.17) is 11.8 Å². The quantitative estimate of drug-likeness (QED) is 0.613. The van der Waals surface area contributed by atoms with E-state index < -0.39 is 11.9 Å². The summed E-state index contributed by atoms with van der Waals surface area (Å²) in [6.07, 6.45) is 1.51. The van der Waals surface area contributed by atoms with E-state index in [1.807, 2.05) is 30.3 Å². The first-order chi connectivity index (χ1) is 13.0. The molecule has 6 nitrogen and oxygen atoms in total. The number of piperidine rings is 1. The van der Waals surface area contributed by atoms with Gasteiger partial charge in [-0.3, -0.25) is 24.6 Å². The summed E-state index contributed by atoms with van der Waals surface area (Å²) in [6, 6.07) is 9.09. The lowest BCUT2D eigenvalue weighted by Crippen LogP contribution is -2.53. The average Bonchev–Trinajstić information content (AvgIpc) is 2.90. The highest BCUT2D eigenvalue weighted by atomic mass is 35.5. The summed E-state index contributed by atoms with van der Waals surface area (Å²) in [5.74, 6) is -0.336. The van der Waals surface area contributed by atoms with Gasteiger partial charge in [-0.15, -0.1) is 12.4 Å². The normalized spacial score (nSPS) is 22.2. The molecule has 2 aromatic carbocycles. The third-order valence-corrected chi connectivity index (χ3v) is 6.04. The summed E-state index contributed by atoms with van der Waals surface area (Å²) in [6.45, 7) is 1.73. The van der Waals surface area contributed by atoms with Crippen LogP contribution in [0.4, 0.5) is 5.69 Å². The average molecular weight is 420 g/mol. The van der Waals surface area contributed by atoms with Crippen LogP contribution in [-0.4, -0.2) is 41.3 Å². The Morgan fingerprint density at radius 3 is 2.61 bits per heavy atom. The van der Waals surface area contributed by atoms with E-state index in [2.05, 4.69) is 5.32 Å². The Balaban J connectivity index is 0.00000192. The number of carbonyl (C=O) groups excluding carboxylic acids is 3. The lowest BCUT2D eigenvalue weighted by molar-refractivity contribution is -0.134. The van der Waals surface area contributed by atoms with E-state index in [1.54, 1.807) is 9.32 Å². The molecule has 1 unspecified atom stereocenters. The number of rotatable bonds is 3. The minimum atomic E-state index is -0.645. The Hall–Kier alpha value is -2.15. The predicted molar refractivity (Wildman–Crippen MR) is 109 cm³/mol. The van der Waals surface area contributed by atoms with E-state index in [1.165, 1.54) is 5.56 Å². The van der Waals surface area contributed by atoms with Gasteiger partial charge in [0.05, 0.1) is 5.69 Å². The highest BCUT2D eigenvalue weighted by Gasteiger charge is 2.41. The molecule has 2 saturated heterocycles. The molecular formula is C20H19Cl2N3O3. The molecule has 3 amide bonds. The molecule has 1 N–H and O–H groups in total. The molecule has 8 heteroatoms. The number of hydrogen-bond acceptors (Lipinski definition) is 4. The van der Waals surface area contributed by atoms with E-state index >= 15 is 0 Å². The molecule has 146 valence electrons. The van der Waals surface area contributed by atoms with Crippen molar-refractivity contribution in [3.63, 3.8) is 0 Å². The summed E-state index contributed by atoms with van der Waals surface area (Å²) in [4.78, 5) is 38.5. The Morgan fingerprint density at radius 1 is 1.11 bits per heavy atom. The summed E-state index contributed by atoms with van der Waals surface area (Å²) in [5, 5.41) is 4.32. The lowest BCUT2D eigenvalue weighted by Gasteiger charge is -2.33. The fourth-order valence-electron chi connectivity index (χ4n) is 4.43. The molecular weight excluding hydrogens is 401 g/mol. The monoisotopic (exact) mass is 419 g/mol. The van der Waals surface area contributed by atoms with Crippen LogP contribution < -0.4 is 10.2 Å². The van der Waals surface area contributed by atoms with Crippen LogP contribution in [0.3, 0.4) is 0 Å². The van der Waals surface area contributed by atoms with Crippen LogP contribution in [0.25, 0.3) is 10.8 Å². The largest absolute Gasteiger partial charge is 0.295 e. The zero-order chi connectivity index (χ0) is 18.7. The first kappa shape index (κ1) is 19.2. The van der Waals surface area contributed by atoms with Crippen LogP contribution in [0, 0.1) is 5.92 Å². The Labute approximate surface area is 173 Å². The molecule has 0 radical (unpaired) electrons. The first-order valence-corrected chi connectivity index (χ1v) is 9.49. The molecule has 1 atom stereocenters. The number of imide groups is 1. The predicted octanol–water partition coefficient (Wildman–Crippen LogP) is 2.66. The molecule has 5 rings (SSSR count). The molecule has 0 saturated carbocycles. The number of anilines is 1. The number of nitrogens with zero attached hydrogens (tertiary/aromatic N) is 2. The van der Waals surface area contributed by atoms with Crippen LogP contribution in [-0.2, 0) is 16.0 Å². The van der Waals surface area contributed by atoms with Crippen LogP contribution in [0.1, 0.15) is 28.8 Å². The second-order valence-corrected chi connectivity index (χ2v) is 7.99. The fourth-order valence-corrected chi connectivity index (χ4v) is 4.82. The minimum absolute atomic E-state index is 0. The molecule has 0 aliphatic carbocycles. The maximum Gasteiger partial charge on any atom is 0.259 e. The molecule has 3 aliphatic rings. The van der Waals surface area contributed by atoms with Gasteiger partial charge < -0.3 is 0 Å². The van der Waals surface area contributed by atoms with E-state index in [9.17, 15) is 14.4 Å². The van der Waals surface area contributed by atoms with Crippen molar-refractivity contribution in [3.05, 3.63) is 41.5 Å². The van der Waals surface area contributed by atoms with Gasteiger partial charge >= 0.3 is 0 Å². The smallest absolute Gasteiger partial charge is 0.259 e. The highest BCUT2D eigenvalue weighted by Crippen LogP contribution is 2.41. The second-order valence-electron chi connectivity index (χ2n) is 7.51. The number of carbonyl (C=O) groups is 3. The number of hydrogen-bond donors (Lipinski definition) is 1. The maximum atomic E-state index is 13.1. The van der Waals surface area contributed by atoms with Crippen molar-refractivity contribution in [1.82, 2.24) is 9.74 Å². The molecule has 3 heterocycles. The van der Waals surface area contributed by atoms with Crippen molar-refractivity contribution in [3.8, 4) is 0 Å². The van der Waals surface area contributed by atoms with Gasteiger partial charge in [0.15, 0.2) is 0 Å². The van der Waals surface area contributed by atoms with Crippen LogP contribution in [0.2, 0.25) is 0 Å². The van der Waals surface area contributed by atoms with Crippen LogP contribution in [0.5, 0.6) is 0 Å². The zero-order valence-corrected chi connectivity index (χ0v) is 16.6. The van der Waals surface area contributed by atoms with Gasteiger partial charge in [-0.1, -0.05) is 18.2 Å². The first-order valence-electron chi connectivity index (χ1n) is 9.15. The van der Waals surface area contributed by atoms with Gasteiger partial charge in [0.25, 0.3) is 5.91 Å². The van der Waals surface area contributed by atoms with Crippen molar-refractivity contribution in [2.24, 2.45) is 5.92 Å². The zero-order valence-electron chi connectivity index (χ0n) is 15.0. The number of nitrogens with one attached hydrogen (secondary N) is 1. The topological polar surface area (TPSA) is 69.7 Å². The third-order valence-electron chi connectivity index (χ3n) is 5.76. The minimum Gasteiger partial charge on any atom is -0.295 e. The van der Waals surface area contributed by atoms with Gasteiger partial charge in [-0.2, -0.15) is 0 Å². The van der Waals surface area contributed by atoms with E-state index in [0.29, 0.717) is 17.9 Å². The molecule has 0 bridgehead atoms. The van der Waals surface area contributed by atoms with Gasteiger partial charge in [-0.05, 0) is 53.6 Å². The van der Waals surface area contributed by atoms with Crippen LogP contribution in [0.15, 0.2) is 30.3 Å². The standard InChI is InChI=1S/C20H18ClN3O3.ClH/c21-23-9-11(10-23)8-12-4-5-14-18-13(12)2-1-3-15(18)24(20(14)27)16-6-7-17(25)22-19(16)26;/h1-5,11,16H,6-10H2,(H,22,25,26);1H. The third kappa shape index (κ3) is 2.87. The maximum absolute atomic E-state index is 13.1. The van der Waals surface area contributed by atoms with Crippen molar-refractivity contribution in [1.29, 1.82) is 0 Å². The Bertz CT molecular complexity index is 1000. The summed E-state index contributed by atoms with van der Waals surface area (Å²) in [5.41, 5.74) is 2.58. The number of amides is 3. The van der Waals surface area contributed by atoms with E-state index in [0.717, 1.165) is 36.0 Å². The van der Waals surface area contributed by atoms with Crippen molar-refractivity contribution < 1.29 is 14.4 Å². The summed E-state index contributed by atoms with van der Waals surface area (Å²) >= 11 is 5.96. The van der Waals surface area contributed by atoms with Crippen molar-refractivity contribution >= 4 is 58.4 Å². The second kappa shape index (κ2) is 7.03. The Kier molecular flexibility index (Phi) is 4.81. The molecule has 2 fully saturated rings. The highest BCUT2D eigenvalue weighted by molar-refractivity contribution is 6.27. The fraction of sp³-hybridized carbons (Fsp3) is 0.350. The van der Waals surface area contributed by atoms with Gasteiger partial charge in [0.2, 0.25) is 11.8 Å². The van der Waals surface area contributed by atoms with Crippen molar-refractivity contribution in [2.75, 3.05) is 18.0 Å². The molecule has 3 aliphatic heterocycles. The van der Waals surface area contributed by atoms with Crippen LogP contribution >= 0.6 is 24.2 Å². The van der Waals surface area contributed by atoms with Gasteiger partial charge in [0, 0.05) is 30.5 Å². The molecule has 0 spiro atoms. The Morgan fingerprint density at radius 2 is 1.89 bits per heavy atom. The lowest BCUT2D eigenvalue weighted by atomic mass is 9.90. The molecule has 2 aromatic rings. The summed E-state index contributed by atoms with van der Waals surface area (Å²) < 4.78 is 1.78.